The number of carbonyl (C=O) groups is 1. The number of hydrogen-bond donors (Lipinski definition) is 2. The first kappa shape index (κ1) is 14.5. The maximum absolute atomic E-state index is 9.82. The Bertz CT molecular complexity index is 411. The third kappa shape index (κ3) is 4.00. The average molecular weight is 247 g/mol. The second-order valence-electron chi connectivity index (χ2n) is 4.57. The lowest BCUT2D eigenvalue weighted by molar-refractivity contribution is -0.128. The van der Waals surface area contributed by atoms with Crippen molar-refractivity contribution >= 4 is 5.91 Å². The van der Waals surface area contributed by atoms with Gasteiger partial charge in [0.2, 0.25) is 5.91 Å². The maximum Gasteiger partial charge on any atom is 0.243 e. The molecule has 0 saturated heterocycles. The summed E-state index contributed by atoms with van der Waals surface area (Å²) in [6, 6.07) is 8.75. The summed E-state index contributed by atoms with van der Waals surface area (Å²) in [6.07, 6.45) is 2.64. The molecular formula is C15H21NO2. The molecule has 1 amide bonds. The molecule has 0 bridgehead atoms. The van der Waals surface area contributed by atoms with Crippen molar-refractivity contribution in [3.05, 3.63) is 46.5 Å². The number of hydroxylamine groups is 1. The molecule has 3 heteroatoms. The minimum absolute atomic E-state index is 0.330. The Morgan fingerprint density at radius 2 is 1.61 bits per heavy atom. The zero-order chi connectivity index (χ0) is 13.5. The Balaban J connectivity index is 0.000000232. The van der Waals surface area contributed by atoms with Crippen LogP contribution in [0.5, 0.6) is 0 Å². The van der Waals surface area contributed by atoms with Crippen LogP contribution in [0.2, 0.25) is 0 Å². The van der Waals surface area contributed by atoms with Crippen molar-refractivity contribution < 1.29 is 10.0 Å². The van der Waals surface area contributed by atoms with Crippen LogP contribution in [0.15, 0.2) is 35.4 Å². The van der Waals surface area contributed by atoms with Crippen LogP contribution in [0, 0.1) is 0 Å². The van der Waals surface area contributed by atoms with Gasteiger partial charge in [-0.05, 0) is 37.8 Å². The highest BCUT2D eigenvalue weighted by Crippen LogP contribution is 2.24. The second-order valence-corrected chi connectivity index (χ2v) is 4.57. The first-order valence-corrected chi connectivity index (χ1v) is 6.23. The van der Waals surface area contributed by atoms with Crippen LogP contribution < -0.4 is 5.48 Å². The van der Waals surface area contributed by atoms with Crippen molar-refractivity contribution in [3.63, 3.8) is 0 Å². The van der Waals surface area contributed by atoms with Gasteiger partial charge in [-0.15, -0.1) is 0 Å². The van der Waals surface area contributed by atoms with Crippen LogP contribution in [0.1, 0.15) is 38.3 Å². The smallest absolute Gasteiger partial charge is 0.243 e. The number of hydrogen-bond acceptors (Lipinski definition) is 2. The topological polar surface area (TPSA) is 49.3 Å². The van der Waals surface area contributed by atoms with Crippen LogP contribution >= 0.6 is 0 Å². The minimum Gasteiger partial charge on any atom is -0.289 e. The quantitative estimate of drug-likeness (QED) is 0.455. The van der Waals surface area contributed by atoms with E-state index in [4.69, 9.17) is 5.21 Å². The van der Waals surface area contributed by atoms with Gasteiger partial charge in [-0.25, -0.2) is 5.48 Å². The molecule has 2 N–H and O–H groups in total. The van der Waals surface area contributed by atoms with Crippen LogP contribution in [-0.2, 0) is 17.6 Å². The molecule has 1 aromatic carbocycles. The van der Waals surface area contributed by atoms with Gasteiger partial charge in [0.05, 0.1) is 0 Å². The molecule has 0 radical (unpaired) electrons. The van der Waals surface area contributed by atoms with E-state index < -0.39 is 0 Å². The molecule has 98 valence electrons. The first-order valence-electron chi connectivity index (χ1n) is 6.23. The fraction of sp³-hybridized carbons (Fsp3) is 0.400. The van der Waals surface area contributed by atoms with E-state index in [-0.39, 0.29) is 5.91 Å². The number of benzene rings is 1. The Morgan fingerprint density at radius 1 is 1.17 bits per heavy atom. The summed E-state index contributed by atoms with van der Waals surface area (Å²) in [5, 5.41) is 7.74. The summed E-state index contributed by atoms with van der Waals surface area (Å²) in [5.41, 5.74) is 7.60. The molecule has 0 heterocycles. The summed E-state index contributed by atoms with van der Waals surface area (Å²) in [5.74, 6) is -0.352. The molecule has 1 aliphatic rings. The van der Waals surface area contributed by atoms with E-state index in [0.717, 1.165) is 12.8 Å². The minimum atomic E-state index is -0.352. The fourth-order valence-corrected chi connectivity index (χ4v) is 1.85. The van der Waals surface area contributed by atoms with Crippen molar-refractivity contribution in [2.24, 2.45) is 0 Å². The van der Waals surface area contributed by atoms with Crippen molar-refractivity contribution in [2.75, 3.05) is 0 Å². The van der Waals surface area contributed by atoms with Crippen molar-refractivity contribution in [3.8, 4) is 0 Å². The largest absolute Gasteiger partial charge is 0.289 e. The fourth-order valence-electron chi connectivity index (χ4n) is 1.85. The molecule has 0 atom stereocenters. The molecular weight excluding hydrogens is 226 g/mol. The molecule has 18 heavy (non-hydrogen) atoms. The second kappa shape index (κ2) is 6.97. The monoisotopic (exact) mass is 247 g/mol. The number of amides is 1. The summed E-state index contributed by atoms with van der Waals surface area (Å²) < 4.78 is 0. The highest BCUT2D eigenvalue weighted by Gasteiger charge is 2.10. The summed E-state index contributed by atoms with van der Waals surface area (Å²) in [6.45, 7) is 6.14. The summed E-state index contributed by atoms with van der Waals surface area (Å²) in [7, 11) is 0. The van der Waals surface area contributed by atoms with Gasteiger partial charge in [0.25, 0.3) is 0 Å². The zero-order valence-corrected chi connectivity index (χ0v) is 11.3. The van der Waals surface area contributed by atoms with Gasteiger partial charge >= 0.3 is 0 Å². The van der Waals surface area contributed by atoms with E-state index in [2.05, 4.69) is 38.1 Å². The number of rotatable bonds is 1. The molecule has 0 saturated carbocycles. The van der Waals surface area contributed by atoms with Crippen molar-refractivity contribution in [1.82, 2.24) is 5.48 Å². The molecule has 0 unspecified atom stereocenters. The molecule has 0 aliphatic heterocycles. The molecule has 0 aromatic heterocycles. The summed E-state index contributed by atoms with van der Waals surface area (Å²) >= 11 is 0. The van der Waals surface area contributed by atoms with E-state index >= 15 is 0 Å². The van der Waals surface area contributed by atoms with Gasteiger partial charge in [0, 0.05) is 6.42 Å². The zero-order valence-electron chi connectivity index (χ0n) is 11.3. The van der Waals surface area contributed by atoms with E-state index in [1.165, 1.54) is 16.6 Å². The molecule has 1 aromatic rings. The Hall–Kier alpha value is -1.61. The molecule has 0 spiro atoms. The van der Waals surface area contributed by atoms with Gasteiger partial charge in [-0.3, -0.25) is 10.0 Å². The predicted octanol–water partition coefficient (Wildman–Crippen LogP) is 3.02. The van der Waals surface area contributed by atoms with E-state index in [0.29, 0.717) is 6.42 Å². The Kier molecular flexibility index (Phi) is 5.59. The number of allylic oxidation sites excluding steroid dienone is 2. The Labute approximate surface area is 108 Å². The normalized spacial score (nSPS) is 13.3. The van der Waals surface area contributed by atoms with E-state index in [9.17, 15) is 4.79 Å². The molecule has 0 fully saturated rings. The maximum atomic E-state index is 9.82. The van der Waals surface area contributed by atoms with Gasteiger partial charge in [-0.2, -0.15) is 0 Å². The lowest BCUT2D eigenvalue weighted by Gasteiger charge is -2.18. The van der Waals surface area contributed by atoms with Crippen LogP contribution in [0.25, 0.3) is 0 Å². The third-order valence-corrected chi connectivity index (χ3v) is 3.20. The third-order valence-electron chi connectivity index (χ3n) is 3.20. The standard InChI is InChI=1S/C12H14.C3H7NO2/c1-9-7-11-5-3-4-6-12(11)8-10(9)2;1-2-3(5)4-6/h3-6H,7-8H2,1-2H3;6H,2H2,1H3,(H,4,5). The lowest BCUT2D eigenvalue weighted by Crippen LogP contribution is -2.16. The highest BCUT2D eigenvalue weighted by atomic mass is 16.5. The number of carbonyl (C=O) groups excluding carboxylic acids is 1. The van der Waals surface area contributed by atoms with Crippen molar-refractivity contribution in [1.29, 1.82) is 0 Å². The Morgan fingerprint density at radius 3 is 1.89 bits per heavy atom. The SMILES string of the molecule is CC1=C(C)Cc2ccccc2C1.CCC(=O)NO. The van der Waals surface area contributed by atoms with E-state index in [1.807, 2.05) is 0 Å². The van der Waals surface area contributed by atoms with Crippen LogP contribution in [-0.4, -0.2) is 11.1 Å². The molecule has 1 aliphatic carbocycles. The van der Waals surface area contributed by atoms with Crippen LogP contribution in [0.4, 0.5) is 0 Å². The van der Waals surface area contributed by atoms with Gasteiger partial charge < -0.3 is 0 Å². The van der Waals surface area contributed by atoms with Crippen LogP contribution in [0.3, 0.4) is 0 Å². The predicted molar refractivity (Wildman–Crippen MR) is 72.4 cm³/mol. The van der Waals surface area contributed by atoms with Gasteiger partial charge in [-0.1, -0.05) is 42.3 Å². The lowest BCUT2D eigenvalue weighted by atomic mass is 9.88. The van der Waals surface area contributed by atoms with Gasteiger partial charge in [0.15, 0.2) is 0 Å². The van der Waals surface area contributed by atoms with Gasteiger partial charge in [0.1, 0.15) is 0 Å². The molecule has 3 nitrogen and oxygen atoms in total. The number of nitrogens with one attached hydrogen (secondary N) is 1. The highest BCUT2D eigenvalue weighted by molar-refractivity contribution is 5.74. The van der Waals surface area contributed by atoms with E-state index in [1.54, 1.807) is 18.1 Å². The molecule has 2 rings (SSSR count). The van der Waals surface area contributed by atoms with Crippen molar-refractivity contribution in [2.45, 2.75) is 40.0 Å². The summed E-state index contributed by atoms with van der Waals surface area (Å²) in [4.78, 5) is 9.82. The average Bonchev–Trinajstić information content (AvgIpc) is 2.40. The number of fused-ring (bicyclic) bond motifs is 1. The first-order chi connectivity index (χ1) is 8.58.